The molecule has 2 aliphatic rings. The molecular formula is C21H32N4O3. The Balaban J connectivity index is 1.35. The van der Waals surface area contributed by atoms with Crippen molar-refractivity contribution in [3.63, 3.8) is 0 Å². The number of nitrogens with zero attached hydrogens (tertiary/aromatic N) is 3. The molecule has 1 aromatic rings. The van der Waals surface area contributed by atoms with E-state index in [1.54, 1.807) is 0 Å². The van der Waals surface area contributed by atoms with Gasteiger partial charge in [0.25, 0.3) is 0 Å². The average molecular weight is 389 g/mol. The van der Waals surface area contributed by atoms with Gasteiger partial charge in [0.05, 0.1) is 19.6 Å². The first kappa shape index (κ1) is 20.6. The quantitative estimate of drug-likeness (QED) is 0.746. The summed E-state index contributed by atoms with van der Waals surface area (Å²) >= 11 is 0. The van der Waals surface area contributed by atoms with Crippen LogP contribution in [0.5, 0.6) is 0 Å². The summed E-state index contributed by atoms with van der Waals surface area (Å²) in [6, 6.07) is 8.13. The molecule has 2 fully saturated rings. The second kappa shape index (κ2) is 10.4. The van der Waals surface area contributed by atoms with Crippen LogP contribution in [0.15, 0.2) is 24.3 Å². The van der Waals surface area contributed by atoms with E-state index in [4.69, 9.17) is 4.74 Å². The maximum absolute atomic E-state index is 12.3. The molecule has 0 spiro atoms. The predicted octanol–water partition coefficient (Wildman–Crippen LogP) is 0.736. The van der Waals surface area contributed by atoms with Gasteiger partial charge in [-0.05, 0) is 24.2 Å². The van der Waals surface area contributed by atoms with Crippen LogP contribution in [0.1, 0.15) is 18.9 Å². The van der Waals surface area contributed by atoms with Gasteiger partial charge in [0.1, 0.15) is 0 Å². The van der Waals surface area contributed by atoms with Gasteiger partial charge in [-0.3, -0.25) is 9.59 Å². The van der Waals surface area contributed by atoms with Gasteiger partial charge in [0.2, 0.25) is 11.8 Å². The third-order valence-corrected chi connectivity index (χ3v) is 5.51. The molecular weight excluding hydrogens is 356 g/mol. The second-order valence-corrected chi connectivity index (χ2v) is 7.36. The zero-order valence-electron chi connectivity index (χ0n) is 16.9. The van der Waals surface area contributed by atoms with Crippen molar-refractivity contribution in [2.45, 2.75) is 19.8 Å². The molecule has 0 radical (unpaired) electrons. The van der Waals surface area contributed by atoms with Crippen LogP contribution in [0.25, 0.3) is 0 Å². The Morgan fingerprint density at radius 3 is 2.32 bits per heavy atom. The van der Waals surface area contributed by atoms with Crippen molar-refractivity contribution in [1.82, 2.24) is 15.1 Å². The molecule has 0 atom stereocenters. The lowest BCUT2D eigenvalue weighted by Crippen LogP contribution is -2.49. The van der Waals surface area contributed by atoms with E-state index in [0.717, 1.165) is 64.6 Å². The van der Waals surface area contributed by atoms with Gasteiger partial charge in [0, 0.05) is 57.9 Å². The number of amides is 2. The van der Waals surface area contributed by atoms with Crippen molar-refractivity contribution < 1.29 is 14.3 Å². The highest BCUT2D eigenvalue weighted by Crippen LogP contribution is 2.16. The molecule has 2 aliphatic heterocycles. The van der Waals surface area contributed by atoms with Gasteiger partial charge < -0.3 is 24.8 Å². The fourth-order valence-electron chi connectivity index (χ4n) is 3.67. The highest BCUT2D eigenvalue weighted by atomic mass is 16.5. The molecule has 2 saturated heterocycles. The lowest BCUT2D eigenvalue weighted by atomic mass is 10.1. The van der Waals surface area contributed by atoms with Crippen LogP contribution in [0.2, 0.25) is 0 Å². The Labute approximate surface area is 167 Å². The molecule has 1 N–H and O–H groups in total. The number of hydrogen-bond acceptors (Lipinski definition) is 5. The summed E-state index contributed by atoms with van der Waals surface area (Å²) in [6.45, 7) is 10.4. The molecule has 7 heteroatoms. The largest absolute Gasteiger partial charge is 0.378 e. The van der Waals surface area contributed by atoms with E-state index in [1.807, 2.05) is 17.0 Å². The Morgan fingerprint density at radius 2 is 1.68 bits per heavy atom. The number of carbonyl (C=O) groups is 2. The maximum atomic E-state index is 12.3. The number of carbonyl (C=O) groups excluding carboxylic acids is 2. The van der Waals surface area contributed by atoms with Crippen LogP contribution in [0.4, 0.5) is 5.69 Å². The van der Waals surface area contributed by atoms with E-state index in [-0.39, 0.29) is 11.8 Å². The van der Waals surface area contributed by atoms with Gasteiger partial charge in [0.15, 0.2) is 0 Å². The number of piperazine rings is 1. The van der Waals surface area contributed by atoms with Crippen molar-refractivity contribution in [3.05, 3.63) is 29.8 Å². The fraction of sp³-hybridized carbons (Fsp3) is 0.619. The number of anilines is 1. The first-order valence-electron chi connectivity index (χ1n) is 10.3. The third-order valence-electron chi connectivity index (χ3n) is 5.51. The van der Waals surface area contributed by atoms with Crippen LogP contribution in [-0.4, -0.2) is 87.2 Å². The minimum absolute atomic E-state index is 0.0391. The summed E-state index contributed by atoms with van der Waals surface area (Å²) in [5.74, 6) is 0.0913. The smallest absolute Gasteiger partial charge is 0.224 e. The van der Waals surface area contributed by atoms with Crippen LogP contribution < -0.4 is 10.2 Å². The molecule has 2 heterocycles. The van der Waals surface area contributed by atoms with Crippen LogP contribution in [0, 0.1) is 0 Å². The van der Waals surface area contributed by atoms with Gasteiger partial charge in [-0.2, -0.15) is 0 Å². The Kier molecular flexibility index (Phi) is 7.68. The van der Waals surface area contributed by atoms with Crippen LogP contribution in [0.3, 0.4) is 0 Å². The van der Waals surface area contributed by atoms with E-state index in [1.165, 1.54) is 5.69 Å². The number of benzene rings is 1. The monoisotopic (exact) mass is 388 g/mol. The van der Waals surface area contributed by atoms with E-state index in [2.05, 4.69) is 34.2 Å². The standard InChI is InChI=1S/C21H32N4O3/c1-2-23-9-11-25(12-10-23)21(27)7-8-22-20(26)17-18-3-5-19(6-4-18)24-13-15-28-16-14-24/h3-6H,2,7-17H2,1H3,(H,22,26). The number of rotatable bonds is 7. The number of likely N-dealkylation sites (N-methyl/N-ethyl adjacent to an activating group) is 1. The molecule has 28 heavy (non-hydrogen) atoms. The van der Waals surface area contributed by atoms with Crippen molar-refractivity contribution in [1.29, 1.82) is 0 Å². The van der Waals surface area contributed by atoms with Crippen LogP contribution in [-0.2, 0) is 20.7 Å². The number of nitrogens with one attached hydrogen (secondary N) is 1. The minimum atomic E-state index is -0.0391. The number of hydrogen-bond donors (Lipinski definition) is 1. The lowest BCUT2D eigenvalue weighted by Gasteiger charge is -2.34. The summed E-state index contributed by atoms with van der Waals surface area (Å²) < 4.78 is 5.38. The van der Waals surface area contributed by atoms with E-state index < -0.39 is 0 Å². The van der Waals surface area contributed by atoms with E-state index in [0.29, 0.717) is 19.4 Å². The molecule has 0 aliphatic carbocycles. The topological polar surface area (TPSA) is 65.1 Å². The summed E-state index contributed by atoms with van der Waals surface area (Å²) in [4.78, 5) is 31.0. The van der Waals surface area contributed by atoms with Crippen molar-refractivity contribution in [2.75, 3.05) is 70.5 Å². The number of morpholine rings is 1. The molecule has 0 saturated carbocycles. The van der Waals surface area contributed by atoms with E-state index in [9.17, 15) is 9.59 Å². The molecule has 0 aromatic heterocycles. The summed E-state index contributed by atoms with van der Waals surface area (Å²) in [5, 5.41) is 2.88. The Hall–Kier alpha value is -2.12. The van der Waals surface area contributed by atoms with Gasteiger partial charge in [-0.1, -0.05) is 19.1 Å². The molecule has 7 nitrogen and oxygen atoms in total. The second-order valence-electron chi connectivity index (χ2n) is 7.36. The molecule has 0 unspecified atom stereocenters. The summed E-state index contributed by atoms with van der Waals surface area (Å²) in [5.41, 5.74) is 2.15. The molecule has 0 bridgehead atoms. The minimum Gasteiger partial charge on any atom is -0.378 e. The third kappa shape index (κ3) is 5.94. The van der Waals surface area contributed by atoms with Crippen LogP contribution >= 0.6 is 0 Å². The maximum Gasteiger partial charge on any atom is 0.224 e. The van der Waals surface area contributed by atoms with Crippen molar-refractivity contribution in [3.8, 4) is 0 Å². The summed E-state index contributed by atoms with van der Waals surface area (Å²) in [6.07, 6.45) is 0.709. The number of ether oxygens (including phenoxy) is 1. The van der Waals surface area contributed by atoms with E-state index >= 15 is 0 Å². The first-order valence-corrected chi connectivity index (χ1v) is 10.3. The normalized spacial score (nSPS) is 18.2. The Morgan fingerprint density at radius 1 is 1.00 bits per heavy atom. The predicted molar refractivity (Wildman–Crippen MR) is 109 cm³/mol. The molecule has 3 rings (SSSR count). The van der Waals surface area contributed by atoms with Gasteiger partial charge in [-0.15, -0.1) is 0 Å². The SMILES string of the molecule is CCN1CCN(C(=O)CCNC(=O)Cc2ccc(N3CCOCC3)cc2)CC1. The highest BCUT2D eigenvalue weighted by molar-refractivity contribution is 5.80. The fourth-order valence-corrected chi connectivity index (χ4v) is 3.67. The zero-order valence-corrected chi connectivity index (χ0v) is 16.9. The average Bonchev–Trinajstić information content (AvgIpc) is 2.75. The summed E-state index contributed by atoms with van der Waals surface area (Å²) in [7, 11) is 0. The Bertz CT molecular complexity index is 636. The molecule has 154 valence electrons. The molecule has 1 aromatic carbocycles. The lowest BCUT2D eigenvalue weighted by molar-refractivity contribution is -0.132. The van der Waals surface area contributed by atoms with Crippen molar-refractivity contribution >= 4 is 17.5 Å². The zero-order chi connectivity index (χ0) is 19.8. The van der Waals surface area contributed by atoms with Crippen molar-refractivity contribution in [2.24, 2.45) is 0 Å². The first-order chi connectivity index (χ1) is 13.7. The van der Waals surface area contributed by atoms with Gasteiger partial charge >= 0.3 is 0 Å². The highest BCUT2D eigenvalue weighted by Gasteiger charge is 2.19. The molecule has 2 amide bonds. The van der Waals surface area contributed by atoms with Gasteiger partial charge in [-0.25, -0.2) is 0 Å².